The topological polar surface area (TPSA) is 3.24 Å². The number of rotatable bonds is 0. The van der Waals surface area contributed by atoms with Crippen LogP contribution in [0, 0.1) is 0 Å². The molecule has 0 amide bonds. The summed E-state index contributed by atoms with van der Waals surface area (Å²) in [6.45, 7) is 8.98. The van der Waals surface area contributed by atoms with Crippen molar-refractivity contribution in [2.75, 3.05) is 0 Å². The average Bonchev–Trinajstić information content (AvgIpc) is 1.58. The average molecular weight is 197 g/mol. The number of hydrogen-bond donors (Lipinski definition) is 2. The zero-order valence-electron chi connectivity index (χ0n) is 6.83. The minimum Gasteiger partial charge on any atom is -0.235 e. The molecule has 1 saturated heterocycles. The zero-order chi connectivity index (χ0) is 7.94. The molecule has 0 spiro atoms. The lowest BCUT2D eigenvalue weighted by Crippen LogP contribution is -2.46. The van der Waals surface area contributed by atoms with Crippen LogP contribution in [-0.2, 0) is 0 Å². The van der Waals surface area contributed by atoms with E-state index in [9.17, 15) is 0 Å². The van der Waals surface area contributed by atoms with E-state index >= 15 is 0 Å². The summed E-state index contributed by atoms with van der Waals surface area (Å²) in [6, 6.07) is 0. The molecule has 10 heavy (non-hydrogen) atoms. The molecule has 1 nitrogen and oxygen atoms in total. The maximum atomic E-state index is 4.49. The normalized spacial score (nSPS) is 39.3. The minimum atomic E-state index is -0.164. The quantitative estimate of drug-likeness (QED) is 0.454. The summed E-state index contributed by atoms with van der Waals surface area (Å²) in [7, 11) is 1.81. The van der Waals surface area contributed by atoms with Crippen LogP contribution in [-0.4, -0.2) is 15.2 Å². The molecule has 4 heteroatoms. The van der Waals surface area contributed by atoms with E-state index in [1.54, 1.807) is 0 Å². The molecular formula is C6H15NS3. The van der Waals surface area contributed by atoms with Crippen molar-refractivity contribution >= 4 is 31.6 Å². The highest BCUT2D eigenvalue weighted by Crippen LogP contribution is 2.65. The van der Waals surface area contributed by atoms with Crippen molar-refractivity contribution in [3.63, 3.8) is 0 Å². The van der Waals surface area contributed by atoms with E-state index in [1.165, 1.54) is 0 Å². The summed E-state index contributed by atoms with van der Waals surface area (Å²) >= 11 is 4.49. The van der Waals surface area contributed by atoms with Crippen molar-refractivity contribution in [1.82, 2.24) is 4.31 Å². The predicted octanol–water partition coefficient (Wildman–Crippen LogP) is 2.86. The monoisotopic (exact) mass is 197 g/mol. The molecule has 1 rings (SSSR count). The van der Waals surface area contributed by atoms with Gasteiger partial charge in [-0.3, -0.25) is 0 Å². The Balaban J connectivity index is 2.55. The van der Waals surface area contributed by atoms with E-state index in [2.05, 4.69) is 43.7 Å². The number of thiol groups is 2. The van der Waals surface area contributed by atoms with Gasteiger partial charge in [0.25, 0.3) is 0 Å². The molecular weight excluding hydrogens is 182 g/mol. The van der Waals surface area contributed by atoms with Crippen LogP contribution in [0.15, 0.2) is 0 Å². The van der Waals surface area contributed by atoms with Gasteiger partial charge in [-0.2, -0.15) is 0 Å². The van der Waals surface area contributed by atoms with E-state index in [0.717, 1.165) is 0 Å². The van der Waals surface area contributed by atoms with E-state index < -0.39 is 0 Å². The molecule has 1 fully saturated rings. The Hall–Kier alpha value is 1.01. The van der Waals surface area contributed by atoms with Gasteiger partial charge in [0.05, 0.1) is 5.37 Å². The second-order valence-electron chi connectivity index (χ2n) is 3.47. The molecule has 1 aliphatic rings. The van der Waals surface area contributed by atoms with Crippen molar-refractivity contribution in [3.8, 4) is 0 Å². The molecule has 2 unspecified atom stereocenters. The second kappa shape index (κ2) is 2.81. The van der Waals surface area contributed by atoms with Crippen LogP contribution in [0.5, 0.6) is 0 Å². The first kappa shape index (κ1) is 9.10. The molecule has 1 aliphatic heterocycles. The van der Waals surface area contributed by atoms with E-state index in [4.69, 9.17) is 0 Å². The largest absolute Gasteiger partial charge is 0.235 e. The van der Waals surface area contributed by atoms with E-state index in [0.29, 0.717) is 10.9 Å². The van der Waals surface area contributed by atoms with Crippen LogP contribution < -0.4 is 0 Å². The SMILES string of the molecule is CC1S[SH](S)N1C(C)(C)C. The summed E-state index contributed by atoms with van der Waals surface area (Å²) in [4.78, 5) is 0. The second-order valence-corrected chi connectivity index (χ2v) is 8.92. The Labute approximate surface area is 74.6 Å². The van der Waals surface area contributed by atoms with Crippen LogP contribution in [0.25, 0.3) is 0 Å². The summed E-state index contributed by atoms with van der Waals surface area (Å²) in [6.07, 6.45) is 0. The van der Waals surface area contributed by atoms with Gasteiger partial charge in [0.2, 0.25) is 0 Å². The van der Waals surface area contributed by atoms with Gasteiger partial charge in [0.1, 0.15) is 0 Å². The Morgan fingerprint density at radius 3 is 2.10 bits per heavy atom. The van der Waals surface area contributed by atoms with Gasteiger partial charge < -0.3 is 0 Å². The fourth-order valence-corrected chi connectivity index (χ4v) is 7.74. The molecule has 0 saturated carbocycles. The van der Waals surface area contributed by atoms with Gasteiger partial charge in [0, 0.05) is 5.54 Å². The maximum absolute atomic E-state index is 4.49. The first-order valence-electron chi connectivity index (χ1n) is 3.38. The van der Waals surface area contributed by atoms with Gasteiger partial charge >= 0.3 is 0 Å². The molecule has 2 atom stereocenters. The Morgan fingerprint density at radius 2 is 2.00 bits per heavy atom. The summed E-state index contributed by atoms with van der Waals surface area (Å²) in [5, 5.41) is 0.670. The molecule has 0 bridgehead atoms. The Kier molecular flexibility index (Phi) is 2.56. The lowest BCUT2D eigenvalue weighted by Gasteiger charge is -2.53. The molecule has 62 valence electrons. The van der Waals surface area contributed by atoms with Crippen LogP contribution in [0.3, 0.4) is 0 Å². The fraction of sp³-hybridized carbons (Fsp3) is 1.00. The summed E-state index contributed by atoms with van der Waals surface area (Å²) in [5.74, 6) is 0. The third-order valence-electron chi connectivity index (χ3n) is 1.46. The Bertz CT molecular complexity index is 123. The number of nitrogens with zero attached hydrogens (tertiary/aromatic N) is 1. The van der Waals surface area contributed by atoms with Crippen LogP contribution in [0.2, 0.25) is 0 Å². The smallest absolute Gasteiger partial charge is 0.0735 e. The third-order valence-corrected chi connectivity index (χ3v) is 7.07. The third kappa shape index (κ3) is 1.60. The maximum Gasteiger partial charge on any atom is 0.0735 e. The fourth-order valence-electron chi connectivity index (χ4n) is 1.13. The van der Waals surface area contributed by atoms with Gasteiger partial charge in [-0.15, -0.1) is 11.7 Å². The molecule has 0 radical (unpaired) electrons. The summed E-state index contributed by atoms with van der Waals surface area (Å²) in [5.41, 5.74) is 0.304. The van der Waals surface area contributed by atoms with Crippen molar-refractivity contribution in [2.45, 2.75) is 38.6 Å². The Morgan fingerprint density at radius 1 is 1.50 bits per heavy atom. The molecule has 0 aromatic rings. The van der Waals surface area contributed by atoms with Gasteiger partial charge in [0.15, 0.2) is 0 Å². The zero-order valence-corrected chi connectivity index (χ0v) is 9.43. The van der Waals surface area contributed by atoms with Crippen molar-refractivity contribution in [2.24, 2.45) is 0 Å². The molecule has 0 aromatic heterocycles. The van der Waals surface area contributed by atoms with Crippen molar-refractivity contribution in [1.29, 1.82) is 0 Å². The highest BCUT2D eigenvalue weighted by atomic mass is 33.5. The molecule has 1 heterocycles. The first-order chi connectivity index (χ1) is 4.43. The lowest BCUT2D eigenvalue weighted by atomic mass is 10.1. The van der Waals surface area contributed by atoms with Crippen molar-refractivity contribution in [3.05, 3.63) is 0 Å². The van der Waals surface area contributed by atoms with Crippen LogP contribution in [0.4, 0.5) is 0 Å². The standard InChI is InChI=1S/C6H15NS3/c1-5-7(6(2,3)4)10(8)9-5/h5,8,10H,1-4H3. The minimum absolute atomic E-state index is 0.164. The van der Waals surface area contributed by atoms with Crippen molar-refractivity contribution < 1.29 is 0 Å². The van der Waals surface area contributed by atoms with Gasteiger partial charge in [-0.1, -0.05) is 19.9 Å². The molecule has 0 aromatic carbocycles. The van der Waals surface area contributed by atoms with Gasteiger partial charge in [-0.05, 0) is 27.7 Å². The van der Waals surface area contributed by atoms with Crippen LogP contribution in [0.1, 0.15) is 27.7 Å². The van der Waals surface area contributed by atoms with E-state index in [-0.39, 0.29) is 9.15 Å². The molecule has 0 N–H and O–H groups in total. The lowest BCUT2D eigenvalue weighted by molar-refractivity contribution is 0.263. The van der Waals surface area contributed by atoms with E-state index in [1.807, 2.05) is 10.8 Å². The molecule has 0 aliphatic carbocycles. The first-order valence-corrected chi connectivity index (χ1v) is 7.31. The highest BCUT2D eigenvalue weighted by Gasteiger charge is 2.38. The summed E-state index contributed by atoms with van der Waals surface area (Å²) < 4.78 is 2.47. The highest BCUT2D eigenvalue weighted by molar-refractivity contribution is 9.14. The van der Waals surface area contributed by atoms with Crippen LogP contribution >= 0.6 is 31.6 Å². The predicted molar refractivity (Wildman–Crippen MR) is 56.6 cm³/mol. The number of hydrogen-bond acceptors (Lipinski definition) is 3. The van der Waals surface area contributed by atoms with Gasteiger partial charge in [-0.25, -0.2) is 4.31 Å².